The highest BCUT2D eigenvalue weighted by molar-refractivity contribution is 6.00. The van der Waals surface area contributed by atoms with Gasteiger partial charge in [-0.1, -0.05) is 30.3 Å². The summed E-state index contributed by atoms with van der Waals surface area (Å²) in [5.41, 5.74) is 0.875. The first kappa shape index (κ1) is 14.1. The summed E-state index contributed by atoms with van der Waals surface area (Å²) >= 11 is 0. The van der Waals surface area contributed by atoms with Crippen LogP contribution < -0.4 is 9.47 Å². The van der Waals surface area contributed by atoms with Crippen molar-refractivity contribution in [3.8, 4) is 11.5 Å². The van der Waals surface area contributed by atoms with Crippen LogP contribution >= 0.6 is 0 Å². The Bertz CT molecular complexity index is 593. The molecule has 1 unspecified atom stereocenters. The maximum atomic E-state index is 12.2. The molecule has 4 heteroatoms. The first-order chi connectivity index (χ1) is 9.67. The lowest BCUT2D eigenvalue weighted by Crippen LogP contribution is -2.13. The molecule has 0 amide bonds. The van der Waals surface area contributed by atoms with Crippen LogP contribution in [0.3, 0.4) is 0 Å². The fraction of sp³-hybridized carbons (Fsp3) is 0.188. The zero-order valence-electron chi connectivity index (χ0n) is 11.4. The molecule has 0 aliphatic carbocycles. The van der Waals surface area contributed by atoms with Crippen LogP contribution in [0, 0.1) is 0 Å². The Morgan fingerprint density at radius 3 is 2.35 bits per heavy atom. The van der Waals surface area contributed by atoms with Crippen molar-refractivity contribution in [2.24, 2.45) is 0 Å². The molecule has 0 heterocycles. The van der Waals surface area contributed by atoms with E-state index in [0.717, 1.165) is 0 Å². The van der Waals surface area contributed by atoms with E-state index in [0.29, 0.717) is 22.6 Å². The van der Waals surface area contributed by atoms with Gasteiger partial charge in [0.25, 0.3) is 0 Å². The first-order valence-corrected chi connectivity index (χ1v) is 6.16. The Morgan fingerprint density at radius 1 is 1.05 bits per heavy atom. The number of methoxy groups -OCH3 is 2. The van der Waals surface area contributed by atoms with E-state index in [1.165, 1.54) is 7.11 Å². The minimum atomic E-state index is -1.27. The molecule has 0 bridgehead atoms. The number of carbonyl (C=O) groups excluding carboxylic acids is 1. The zero-order valence-corrected chi connectivity index (χ0v) is 11.4. The number of rotatable bonds is 5. The van der Waals surface area contributed by atoms with Gasteiger partial charge < -0.3 is 14.6 Å². The third kappa shape index (κ3) is 2.81. The van der Waals surface area contributed by atoms with Crippen molar-refractivity contribution in [3.05, 3.63) is 59.7 Å². The molecule has 0 aliphatic rings. The minimum Gasteiger partial charge on any atom is -0.497 e. The lowest BCUT2D eigenvalue weighted by atomic mass is 9.99. The molecule has 2 aromatic carbocycles. The van der Waals surface area contributed by atoms with Crippen molar-refractivity contribution in [1.29, 1.82) is 0 Å². The van der Waals surface area contributed by atoms with Gasteiger partial charge in [0.05, 0.1) is 14.2 Å². The van der Waals surface area contributed by atoms with Gasteiger partial charge in [-0.2, -0.15) is 0 Å². The fourth-order valence-corrected chi connectivity index (χ4v) is 1.95. The maximum Gasteiger partial charge on any atom is 0.195 e. The predicted molar refractivity (Wildman–Crippen MR) is 75.3 cm³/mol. The van der Waals surface area contributed by atoms with E-state index >= 15 is 0 Å². The Labute approximate surface area is 117 Å². The Morgan fingerprint density at radius 2 is 1.75 bits per heavy atom. The molecule has 1 N–H and O–H groups in total. The average molecular weight is 272 g/mol. The van der Waals surface area contributed by atoms with Gasteiger partial charge in [-0.05, 0) is 12.1 Å². The predicted octanol–water partition coefficient (Wildman–Crippen LogP) is 2.62. The van der Waals surface area contributed by atoms with Crippen molar-refractivity contribution in [2.75, 3.05) is 14.2 Å². The smallest absolute Gasteiger partial charge is 0.195 e. The van der Waals surface area contributed by atoms with E-state index in [1.54, 1.807) is 49.6 Å². The minimum absolute atomic E-state index is 0.367. The van der Waals surface area contributed by atoms with Crippen molar-refractivity contribution in [3.63, 3.8) is 0 Å². The highest BCUT2D eigenvalue weighted by Gasteiger charge is 2.22. The SMILES string of the molecule is COc1ccc(C(O)C(=O)c2ccccc2)c(OC)c1. The quantitative estimate of drug-likeness (QED) is 0.850. The lowest BCUT2D eigenvalue weighted by Gasteiger charge is -2.15. The van der Waals surface area contributed by atoms with Gasteiger partial charge in [-0.15, -0.1) is 0 Å². The average Bonchev–Trinajstić information content (AvgIpc) is 2.53. The molecule has 0 aromatic heterocycles. The zero-order chi connectivity index (χ0) is 14.5. The highest BCUT2D eigenvalue weighted by Crippen LogP contribution is 2.31. The van der Waals surface area contributed by atoms with Gasteiger partial charge >= 0.3 is 0 Å². The van der Waals surface area contributed by atoms with Crippen LogP contribution in [-0.4, -0.2) is 25.1 Å². The molecule has 4 nitrogen and oxygen atoms in total. The third-order valence-corrected chi connectivity index (χ3v) is 3.04. The number of Topliss-reactive ketones (excluding diaryl/α,β-unsaturated/α-hetero) is 1. The van der Waals surface area contributed by atoms with E-state index < -0.39 is 6.10 Å². The fourth-order valence-electron chi connectivity index (χ4n) is 1.95. The maximum absolute atomic E-state index is 12.2. The molecule has 0 radical (unpaired) electrons. The standard InChI is InChI=1S/C16H16O4/c1-19-12-8-9-13(14(10-12)20-2)16(18)15(17)11-6-4-3-5-7-11/h3-10,16,18H,1-2H3. The lowest BCUT2D eigenvalue weighted by molar-refractivity contribution is 0.0742. The number of hydrogen-bond acceptors (Lipinski definition) is 4. The number of hydrogen-bond donors (Lipinski definition) is 1. The summed E-state index contributed by atoms with van der Waals surface area (Å²) in [6, 6.07) is 13.6. The highest BCUT2D eigenvalue weighted by atomic mass is 16.5. The molecule has 2 rings (SSSR count). The number of benzene rings is 2. The normalized spacial score (nSPS) is 11.8. The second-order valence-corrected chi connectivity index (χ2v) is 4.24. The summed E-state index contributed by atoms with van der Waals surface area (Å²) in [4.78, 5) is 12.2. The summed E-state index contributed by atoms with van der Waals surface area (Å²) in [6.07, 6.45) is -1.27. The van der Waals surface area contributed by atoms with Gasteiger partial charge in [0.1, 0.15) is 17.6 Å². The summed E-state index contributed by atoms with van der Waals surface area (Å²) < 4.78 is 10.3. The molecule has 0 fully saturated rings. The molecule has 0 spiro atoms. The van der Waals surface area contributed by atoms with Crippen LogP contribution in [0.25, 0.3) is 0 Å². The van der Waals surface area contributed by atoms with Crippen LogP contribution in [-0.2, 0) is 0 Å². The Balaban J connectivity index is 2.33. The van der Waals surface area contributed by atoms with Crippen LogP contribution in [0.15, 0.2) is 48.5 Å². The van der Waals surface area contributed by atoms with Gasteiger partial charge in [-0.25, -0.2) is 0 Å². The van der Waals surface area contributed by atoms with Crippen LogP contribution in [0.4, 0.5) is 0 Å². The van der Waals surface area contributed by atoms with Crippen molar-refractivity contribution in [1.82, 2.24) is 0 Å². The van der Waals surface area contributed by atoms with Crippen LogP contribution in [0.5, 0.6) is 11.5 Å². The van der Waals surface area contributed by atoms with Gasteiger partial charge in [0, 0.05) is 17.2 Å². The first-order valence-electron chi connectivity index (χ1n) is 6.16. The number of carbonyl (C=O) groups is 1. The third-order valence-electron chi connectivity index (χ3n) is 3.04. The topological polar surface area (TPSA) is 55.8 Å². The Kier molecular flexibility index (Phi) is 4.38. The van der Waals surface area contributed by atoms with Crippen LogP contribution in [0.2, 0.25) is 0 Å². The molecule has 2 aromatic rings. The largest absolute Gasteiger partial charge is 0.497 e. The van der Waals surface area contributed by atoms with Gasteiger partial charge in [-0.3, -0.25) is 4.79 Å². The molecule has 0 aliphatic heterocycles. The summed E-state index contributed by atoms with van der Waals surface area (Å²) in [5, 5.41) is 10.2. The van der Waals surface area contributed by atoms with E-state index in [1.807, 2.05) is 6.07 Å². The summed E-state index contributed by atoms with van der Waals surface area (Å²) in [7, 11) is 3.03. The van der Waals surface area contributed by atoms with Crippen molar-refractivity contribution in [2.45, 2.75) is 6.10 Å². The van der Waals surface area contributed by atoms with E-state index in [9.17, 15) is 9.90 Å². The number of aliphatic hydroxyl groups excluding tert-OH is 1. The molecular formula is C16H16O4. The van der Waals surface area contributed by atoms with E-state index in [2.05, 4.69) is 0 Å². The van der Waals surface area contributed by atoms with E-state index in [-0.39, 0.29) is 5.78 Å². The number of aliphatic hydroxyl groups is 1. The van der Waals surface area contributed by atoms with Crippen molar-refractivity contribution >= 4 is 5.78 Å². The molecular weight excluding hydrogens is 256 g/mol. The monoisotopic (exact) mass is 272 g/mol. The van der Waals surface area contributed by atoms with E-state index in [4.69, 9.17) is 9.47 Å². The molecule has 104 valence electrons. The Hall–Kier alpha value is -2.33. The van der Waals surface area contributed by atoms with Gasteiger partial charge in [0.15, 0.2) is 5.78 Å². The molecule has 0 saturated carbocycles. The summed E-state index contributed by atoms with van der Waals surface area (Å²) in [5.74, 6) is 0.653. The molecule has 0 saturated heterocycles. The molecule has 20 heavy (non-hydrogen) atoms. The van der Waals surface area contributed by atoms with Crippen LogP contribution in [0.1, 0.15) is 22.0 Å². The second kappa shape index (κ2) is 6.21. The summed E-state index contributed by atoms with van der Waals surface area (Å²) in [6.45, 7) is 0. The van der Waals surface area contributed by atoms with Crippen molar-refractivity contribution < 1.29 is 19.4 Å². The van der Waals surface area contributed by atoms with Gasteiger partial charge in [0.2, 0.25) is 0 Å². The number of ether oxygens (including phenoxy) is 2. The second-order valence-electron chi connectivity index (χ2n) is 4.24. The number of ketones is 1. The molecule has 1 atom stereocenters.